The van der Waals surface area contributed by atoms with Gasteiger partial charge in [-0.25, -0.2) is 4.98 Å². The molecule has 0 bridgehead atoms. The van der Waals surface area contributed by atoms with Crippen LogP contribution in [0.2, 0.25) is 5.02 Å². The number of aromatic nitrogens is 1. The summed E-state index contributed by atoms with van der Waals surface area (Å²) in [5.41, 5.74) is 0. The number of hydrogen-bond donors (Lipinski definition) is 0. The number of piperazine rings is 1. The van der Waals surface area contributed by atoms with E-state index in [9.17, 15) is 4.79 Å². The van der Waals surface area contributed by atoms with E-state index in [0.29, 0.717) is 23.4 Å². The van der Waals surface area contributed by atoms with Gasteiger partial charge in [0.25, 0.3) is 0 Å². The van der Waals surface area contributed by atoms with E-state index in [4.69, 9.17) is 11.6 Å². The molecule has 2 rings (SSSR count). The second-order valence-electron chi connectivity index (χ2n) is 7.68. The highest BCUT2D eigenvalue weighted by atomic mass is 35.5. The molecule has 5 nitrogen and oxygen atoms in total. The van der Waals surface area contributed by atoms with Crippen molar-refractivity contribution >= 4 is 23.3 Å². The van der Waals surface area contributed by atoms with Crippen LogP contribution in [0, 0.1) is 11.8 Å². The van der Waals surface area contributed by atoms with Gasteiger partial charge in [0, 0.05) is 45.5 Å². The van der Waals surface area contributed by atoms with Gasteiger partial charge in [-0.15, -0.1) is 0 Å². The molecule has 1 aromatic heterocycles. The molecular weight excluding hydrogens is 336 g/mol. The van der Waals surface area contributed by atoms with E-state index in [0.717, 1.165) is 45.1 Å². The van der Waals surface area contributed by atoms with Crippen LogP contribution in [0.3, 0.4) is 0 Å². The average molecular weight is 367 g/mol. The van der Waals surface area contributed by atoms with E-state index in [1.807, 2.05) is 17.0 Å². The first kappa shape index (κ1) is 20.0. The van der Waals surface area contributed by atoms with Crippen molar-refractivity contribution in [3.05, 3.63) is 23.4 Å². The lowest BCUT2D eigenvalue weighted by molar-refractivity contribution is -0.133. The zero-order valence-corrected chi connectivity index (χ0v) is 16.7. The number of halogens is 1. The summed E-state index contributed by atoms with van der Waals surface area (Å²) in [6.07, 6.45) is 1.68. The quantitative estimate of drug-likeness (QED) is 0.743. The Kier molecular flexibility index (Phi) is 7.51. The molecule has 1 amide bonds. The molecular formula is C19H31ClN4O. The third kappa shape index (κ3) is 6.48. The standard InChI is InChI=1S/C19H31ClN4O/c1-15(2)12-24(13-16(3)4)19(25)14-22-7-9-23(10-8-22)18-6-5-17(20)11-21-18/h5-6,11,15-16H,7-10,12-14H2,1-4H3. The van der Waals surface area contributed by atoms with Crippen molar-refractivity contribution in [3.63, 3.8) is 0 Å². The predicted octanol–water partition coefficient (Wildman–Crippen LogP) is 3.00. The number of hydrogen-bond acceptors (Lipinski definition) is 4. The number of carbonyl (C=O) groups is 1. The van der Waals surface area contributed by atoms with E-state index in [2.05, 4.69) is 42.5 Å². The van der Waals surface area contributed by atoms with Crippen molar-refractivity contribution in [2.75, 3.05) is 50.7 Å². The highest BCUT2D eigenvalue weighted by Gasteiger charge is 2.23. The zero-order valence-electron chi connectivity index (χ0n) is 15.9. The molecule has 0 atom stereocenters. The van der Waals surface area contributed by atoms with E-state index >= 15 is 0 Å². The van der Waals surface area contributed by atoms with E-state index in [1.165, 1.54) is 0 Å². The highest BCUT2D eigenvalue weighted by Crippen LogP contribution is 2.16. The lowest BCUT2D eigenvalue weighted by Crippen LogP contribution is -2.51. The summed E-state index contributed by atoms with van der Waals surface area (Å²) in [6.45, 7) is 14.4. The molecule has 0 aromatic carbocycles. The molecule has 1 saturated heterocycles. The Bertz CT molecular complexity index is 529. The first-order valence-corrected chi connectivity index (χ1v) is 9.59. The minimum Gasteiger partial charge on any atom is -0.354 e. The summed E-state index contributed by atoms with van der Waals surface area (Å²) in [4.78, 5) is 23.6. The third-order valence-electron chi connectivity index (χ3n) is 4.29. The molecule has 1 aromatic rings. The molecule has 0 spiro atoms. The van der Waals surface area contributed by atoms with Crippen molar-refractivity contribution in [2.24, 2.45) is 11.8 Å². The van der Waals surface area contributed by atoms with Gasteiger partial charge in [0.2, 0.25) is 5.91 Å². The fraction of sp³-hybridized carbons (Fsp3) is 0.684. The van der Waals surface area contributed by atoms with E-state index < -0.39 is 0 Å². The first-order valence-electron chi connectivity index (χ1n) is 9.21. The third-order valence-corrected chi connectivity index (χ3v) is 4.51. The summed E-state index contributed by atoms with van der Waals surface area (Å²) in [6, 6.07) is 3.83. The molecule has 2 heterocycles. The number of anilines is 1. The van der Waals surface area contributed by atoms with Crippen LogP contribution in [-0.4, -0.2) is 66.5 Å². The van der Waals surface area contributed by atoms with E-state index in [-0.39, 0.29) is 5.91 Å². The fourth-order valence-electron chi connectivity index (χ4n) is 3.14. The maximum Gasteiger partial charge on any atom is 0.236 e. The zero-order chi connectivity index (χ0) is 18.4. The Morgan fingerprint density at radius 3 is 2.20 bits per heavy atom. The Morgan fingerprint density at radius 1 is 1.12 bits per heavy atom. The second kappa shape index (κ2) is 9.39. The monoisotopic (exact) mass is 366 g/mol. The van der Waals surface area contributed by atoms with Crippen LogP contribution in [0.15, 0.2) is 18.3 Å². The fourth-order valence-corrected chi connectivity index (χ4v) is 3.25. The lowest BCUT2D eigenvalue weighted by atomic mass is 10.1. The Morgan fingerprint density at radius 2 is 1.72 bits per heavy atom. The minimum absolute atomic E-state index is 0.250. The minimum atomic E-state index is 0.250. The van der Waals surface area contributed by atoms with Crippen LogP contribution in [0.25, 0.3) is 0 Å². The van der Waals surface area contributed by atoms with Gasteiger partial charge in [-0.3, -0.25) is 9.69 Å². The van der Waals surface area contributed by atoms with E-state index in [1.54, 1.807) is 6.20 Å². The number of pyridine rings is 1. The Hall–Kier alpha value is -1.33. The summed E-state index contributed by atoms with van der Waals surface area (Å²) in [7, 11) is 0. The summed E-state index contributed by atoms with van der Waals surface area (Å²) in [5.74, 6) is 2.20. The molecule has 0 N–H and O–H groups in total. The highest BCUT2D eigenvalue weighted by molar-refractivity contribution is 6.30. The molecule has 1 fully saturated rings. The van der Waals surface area contributed by atoms with Crippen LogP contribution in [0.4, 0.5) is 5.82 Å². The average Bonchev–Trinajstić information content (AvgIpc) is 2.55. The number of nitrogens with zero attached hydrogens (tertiary/aromatic N) is 4. The molecule has 25 heavy (non-hydrogen) atoms. The summed E-state index contributed by atoms with van der Waals surface area (Å²) < 4.78 is 0. The molecule has 1 aliphatic rings. The summed E-state index contributed by atoms with van der Waals surface area (Å²) in [5, 5.41) is 0.656. The van der Waals surface area contributed by atoms with Crippen LogP contribution >= 0.6 is 11.6 Å². The largest absolute Gasteiger partial charge is 0.354 e. The smallest absolute Gasteiger partial charge is 0.236 e. The maximum absolute atomic E-state index is 12.7. The normalized spacial score (nSPS) is 15.9. The first-order chi connectivity index (χ1) is 11.8. The Balaban J connectivity index is 1.85. The van der Waals surface area contributed by atoms with Crippen molar-refractivity contribution in [2.45, 2.75) is 27.7 Å². The number of amides is 1. The SMILES string of the molecule is CC(C)CN(CC(C)C)C(=O)CN1CCN(c2ccc(Cl)cn2)CC1. The van der Waals surface area contributed by atoms with Gasteiger partial charge >= 0.3 is 0 Å². The van der Waals surface area contributed by atoms with Gasteiger partial charge in [-0.05, 0) is 24.0 Å². The molecule has 140 valence electrons. The molecule has 0 aliphatic carbocycles. The summed E-state index contributed by atoms with van der Waals surface area (Å²) >= 11 is 5.90. The van der Waals surface area contributed by atoms with Gasteiger partial charge in [-0.2, -0.15) is 0 Å². The topological polar surface area (TPSA) is 39.7 Å². The lowest BCUT2D eigenvalue weighted by Gasteiger charge is -2.36. The predicted molar refractivity (Wildman–Crippen MR) is 104 cm³/mol. The van der Waals surface area contributed by atoms with Crippen molar-refractivity contribution in [3.8, 4) is 0 Å². The van der Waals surface area contributed by atoms with Crippen LogP contribution in [0.5, 0.6) is 0 Å². The van der Waals surface area contributed by atoms with Crippen molar-refractivity contribution in [1.29, 1.82) is 0 Å². The molecule has 0 radical (unpaired) electrons. The Labute approximate surface area is 156 Å². The van der Waals surface area contributed by atoms with Crippen LogP contribution < -0.4 is 4.90 Å². The molecule has 6 heteroatoms. The molecule has 0 unspecified atom stereocenters. The maximum atomic E-state index is 12.7. The van der Waals surface area contributed by atoms with Gasteiger partial charge in [0.15, 0.2) is 0 Å². The second-order valence-corrected chi connectivity index (χ2v) is 8.12. The van der Waals surface area contributed by atoms with Gasteiger partial charge in [0.1, 0.15) is 5.82 Å². The van der Waals surface area contributed by atoms with Crippen LogP contribution in [-0.2, 0) is 4.79 Å². The van der Waals surface area contributed by atoms with Gasteiger partial charge in [0.05, 0.1) is 11.6 Å². The molecule has 1 aliphatic heterocycles. The van der Waals surface area contributed by atoms with Gasteiger partial charge in [-0.1, -0.05) is 39.3 Å². The van der Waals surface area contributed by atoms with Gasteiger partial charge < -0.3 is 9.80 Å². The van der Waals surface area contributed by atoms with Crippen LogP contribution in [0.1, 0.15) is 27.7 Å². The molecule has 0 saturated carbocycles. The van der Waals surface area contributed by atoms with Crippen molar-refractivity contribution < 1.29 is 4.79 Å². The number of rotatable bonds is 7. The number of carbonyl (C=O) groups excluding carboxylic acids is 1. The van der Waals surface area contributed by atoms with Crippen molar-refractivity contribution in [1.82, 2.24) is 14.8 Å².